The third kappa shape index (κ3) is 3.24. The average molecular weight is 280 g/mol. The van der Waals surface area contributed by atoms with Gasteiger partial charge in [0.2, 0.25) is 0 Å². The van der Waals surface area contributed by atoms with E-state index in [1.54, 1.807) is 7.11 Å². The van der Waals surface area contributed by atoms with Crippen molar-refractivity contribution in [3.8, 4) is 5.75 Å². The highest BCUT2D eigenvalue weighted by atomic mass is 16.5. The number of hydrazone groups is 1. The Morgan fingerprint density at radius 3 is 2.71 bits per heavy atom. The van der Waals surface area contributed by atoms with Crippen molar-refractivity contribution in [2.75, 3.05) is 12.5 Å². The molecule has 0 heterocycles. The van der Waals surface area contributed by atoms with Crippen LogP contribution in [0.15, 0.2) is 59.7 Å². The van der Waals surface area contributed by atoms with Gasteiger partial charge in [0.1, 0.15) is 5.75 Å². The first kappa shape index (κ1) is 13.7. The van der Waals surface area contributed by atoms with Crippen LogP contribution in [-0.2, 0) is 0 Å². The molecule has 2 aromatic carbocycles. The summed E-state index contributed by atoms with van der Waals surface area (Å²) in [6, 6.07) is 18.5. The number of hydrogen-bond donors (Lipinski definition) is 1. The van der Waals surface area contributed by atoms with Crippen molar-refractivity contribution >= 4 is 11.4 Å². The summed E-state index contributed by atoms with van der Waals surface area (Å²) in [4.78, 5) is 0. The molecule has 0 spiro atoms. The lowest BCUT2D eigenvalue weighted by Crippen LogP contribution is -2.01. The van der Waals surface area contributed by atoms with E-state index in [4.69, 9.17) is 4.74 Å². The van der Waals surface area contributed by atoms with Gasteiger partial charge in [-0.15, -0.1) is 0 Å². The molecule has 3 nitrogen and oxygen atoms in total. The molecule has 1 saturated carbocycles. The van der Waals surface area contributed by atoms with Gasteiger partial charge in [0.05, 0.1) is 12.8 Å². The molecule has 108 valence electrons. The molecule has 1 fully saturated rings. The fourth-order valence-electron chi connectivity index (χ4n) is 2.65. The molecule has 0 amide bonds. The summed E-state index contributed by atoms with van der Waals surface area (Å²) in [6.45, 7) is 2.10. The maximum atomic E-state index is 5.21. The number of rotatable bonds is 5. The van der Waals surface area contributed by atoms with E-state index in [0.717, 1.165) is 17.1 Å². The first-order valence-electron chi connectivity index (χ1n) is 7.27. The predicted molar refractivity (Wildman–Crippen MR) is 87.0 cm³/mol. The van der Waals surface area contributed by atoms with Crippen LogP contribution in [0.1, 0.15) is 24.8 Å². The fraction of sp³-hybridized carbons (Fsp3) is 0.278. The van der Waals surface area contributed by atoms with Gasteiger partial charge in [0, 0.05) is 17.7 Å². The summed E-state index contributed by atoms with van der Waals surface area (Å²) in [5.74, 6) is 2.02. The largest absolute Gasteiger partial charge is 0.497 e. The van der Waals surface area contributed by atoms with Crippen LogP contribution in [0.3, 0.4) is 0 Å². The lowest BCUT2D eigenvalue weighted by Gasteiger charge is -2.05. The number of hydrogen-bond acceptors (Lipinski definition) is 3. The molecule has 1 N–H and O–H groups in total. The minimum absolute atomic E-state index is 0.561. The molecule has 3 heteroatoms. The van der Waals surface area contributed by atoms with Crippen LogP contribution in [0.25, 0.3) is 0 Å². The van der Waals surface area contributed by atoms with Crippen LogP contribution in [0.2, 0.25) is 0 Å². The normalized spacial score (nSPS) is 21.0. The third-order valence-corrected chi connectivity index (χ3v) is 3.99. The van der Waals surface area contributed by atoms with Crippen molar-refractivity contribution in [2.24, 2.45) is 11.0 Å². The Morgan fingerprint density at radius 1 is 1.14 bits per heavy atom. The van der Waals surface area contributed by atoms with Crippen LogP contribution in [0.4, 0.5) is 5.69 Å². The Kier molecular flexibility index (Phi) is 3.91. The van der Waals surface area contributed by atoms with Gasteiger partial charge in [-0.25, -0.2) is 0 Å². The fourth-order valence-corrected chi connectivity index (χ4v) is 2.65. The lowest BCUT2D eigenvalue weighted by molar-refractivity contribution is 0.415. The zero-order valence-corrected chi connectivity index (χ0v) is 12.4. The molecule has 2 aromatic rings. The number of anilines is 1. The monoisotopic (exact) mass is 280 g/mol. The Balaban J connectivity index is 1.62. The highest BCUT2D eigenvalue weighted by Gasteiger charge is 2.40. The molecule has 0 aliphatic heterocycles. The van der Waals surface area contributed by atoms with E-state index in [1.165, 1.54) is 12.0 Å². The quantitative estimate of drug-likeness (QED) is 0.655. The molecular formula is C18H20N2O. The van der Waals surface area contributed by atoms with Gasteiger partial charge >= 0.3 is 0 Å². The van der Waals surface area contributed by atoms with E-state index >= 15 is 0 Å². The maximum absolute atomic E-state index is 5.21. The standard InChI is InChI=1S/C18H20N2O/c1-13(17-12-18(17)14-7-4-3-5-8-14)19-20-15-9-6-10-16(11-15)21-2/h3-11,17-18,20H,12H2,1-2H3. The van der Waals surface area contributed by atoms with E-state index in [0.29, 0.717) is 11.8 Å². The van der Waals surface area contributed by atoms with E-state index in [1.807, 2.05) is 24.3 Å². The Hall–Kier alpha value is -2.29. The lowest BCUT2D eigenvalue weighted by atomic mass is 10.1. The molecule has 2 atom stereocenters. The first-order valence-corrected chi connectivity index (χ1v) is 7.27. The molecule has 1 aliphatic carbocycles. The molecule has 0 radical (unpaired) electrons. The maximum Gasteiger partial charge on any atom is 0.120 e. The SMILES string of the molecule is COc1cccc(NN=C(C)C2CC2c2ccccc2)c1. The molecule has 21 heavy (non-hydrogen) atoms. The third-order valence-electron chi connectivity index (χ3n) is 3.99. The van der Waals surface area contributed by atoms with Crippen LogP contribution >= 0.6 is 0 Å². The summed E-state index contributed by atoms with van der Waals surface area (Å²) in [5, 5.41) is 4.52. The van der Waals surface area contributed by atoms with Crippen LogP contribution in [0, 0.1) is 5.92 Å². The summed E-state index contributed by atoms with van der Waals surface area (Å²) in [5.41, 5.74) is 6.64. The van der Waals surface area contributed by atoms with E-state index in [9.17, 15) is 0 Å². The topological polar surface area (TPSA) is 33.6 Å². The second-order valence-corrected chi connectivity index (χ2v) is 5.46. The predicted octanol–water partition coefficient (Wildman–Crippen LogP) is 4.29. The Labute approximate surface area is 125 Å². The minimum Gasteiger partial charge on any atom is -0.497 e. The second kappa shape index (κ2) is 6.00. The smallest absolute Gasteiger partial charge is 0.120 e. The summed E-state index contributed by atoms with van der Waals surface area (Å²) >= 11 is 0. The number of methoxy groups -OCH3 is 1. The van der Waals surface area contributed by atoms with Gasteiger partial charge in [0.15, 0.2) is 0 Å². The molecular weight excluding hydrogens is 260 g/mol. The Morgan fingerprint density at radius 2 is 1.95 bits per heavy atom. The zero-order valence-electron chi connectivity index (χ0n) is 12.4. The van der Waals surface area contributed by atoms with E-state index in [2.05, 4.69) is 47.8 Å². The molecule has 2 unspecified atom stereocenters. The number of nitrogens with zero attached hydrogens (tertiary/aromatic N) is 1. The van der Waals surface area contributed by atoms with Crippen LogP contribution in [0.5, 0.6) is 5.75 Å². The van der Waals surface area contributed by atoms with Gasteiger partial charge in [-0.2, -0.15) is 5.10 Å². The molecule has 3 rings (SSSR count). The highest BCUT2D eigenvalue weighted by Crippen LogP contribution is 2.48. The van der Waals surface area contributed by atoms with Gasteiger partial charge in [0.25, 0.3) is 0 Å². The minimum atomic E-state index is 0.561. The van der Waals surface area contributed by atoms with E-state index in [-0.39, 0.29) is 0 Å². The van der Waals surface area contributed by atoms with Gasteiger partial charge in [-0.05, 0) is 37.0 Å². The first-order chi connectivity index (χ1) is 10.3. The van der Waals surface area contributed by atoms with Crippen molar-refractivity contribution in [1.82, 2.24) is 0 Å². The van der Waals surface area contributed by atoms with Crippen molar-refractivity contribution in [2.45, 2.75) is 19.3 Å². The number of benzene rings is 2. The molecule has 0 aromatic heterocycles. The molecule has 0 saturated heterocycles. The zero-order chi connectivity index (χ0) is 14.7. The number of nitrogens with one attached hydrogen (secondary N) is 1. The summed E-state index contributed by atoms with van der Waals surface area (Å²) in [6.07, 6.45) is 1.19. The van der Waals surface area contributed by atoms with Crippen LogP contribution in [-0.4, -0.2) is 12.8 Å². The second-order valence-electron chi connectivity index (χ2n) is 5.46. The van der Waals surface area contributed by atoms with E-state index < -0.39 is 0 Å². The molecule has 0 bridgehead atoms. The number of ether oxygens (including phenoxy) is 1. The van der Waals surface area contributed by atoms with Crippen molar-refractivity contribution in [3.63, 3.8) is 0 Å². The van der Waals surface area contributed by atoms with Crippen LogP contribution < -0.4 is 10.2 Å². The van der Waals surface area contributed by atoms with Crippen molar-refractivity contribution < 1.29 is 4.74 Å². The van der Waals surface area contributed by atoms with Gasteiger partial charge in [-0.1, -0.05) is 36.4 Å². The average Bonchev–Trinajstić information content (AvgIpc) is 3.34. The van der Waals surface area contributed by atoms with Gasteiger partial charge in [-0.3, -0.25) is 5.43 Å². The summed E-state index contributed by atoms with van der Waals surface area (Å²) < 4.78 is 5.21. The van der Waals surface area contributed by atoms with Gasteiger partial charge < -0.3 is 4.74 Å². The Bertz CT molecular complexity index is 637. The van der Waals surface area contributed by atoms with Crippen molar-refractivity contribution in [3.05, 3.63) is 60.2 Å². The highest BCUT2D eigenvalue weighted by molar-refractivity contribution is 5.88. The summed E-state index contributed by atoms with van der Waals surface area (Å²) in [7, 11) is 1.67. The molecule has 1 aliphatic rings. The van der Waals surface area contributed by atoms with Crippen molar-refractivity contribution in [1.29, 1.82) is 0 Å².